The third kappa shape index (κ3) is 1.85. The second-order valence-corrected chi connectivity index (χ2v) is 3.56. The maximum Gasteiger partial charge on any atom is 0.243 e. The lowest BCUT2D eigenvalue weighted by molar-refractivity contribution is -0.120. The fourth-order valence-corrected chi connectivity index (χ4v) is 1.59. The standard InChI is InChI=1S/C9H16N2O/c1-4-8(12)10-9(3)6-11(5-2)7-9/h4H,1,5-7H2,2-3H3,(H,10,12). The highest BCUT2D eigenvalue weighted by atomic mass is 16.1. The Hall–Kier alpha value is -0.830. The predicted octanol–water partition coefficient (Wildman–Crippen LogP) is 0.383. The molecular weight excluding hydrogens is 152 g/mol. The molecule has 68 valence electrons. The third-order valence-electron chi connectivity index (χ3n) is 2.20. The Kier molecular flexibility index (Phi) is 2.52. The fraction of sp³-hybridized carbons (Fsp3) is 0.667. The summed E-state index contributed by atoms with van der Waals surface area (Å²) in [6, 6.07) is 0. The zero-order chi connectivity index (χ0) is 9.19. The van der Waals surface area contributed by atoms with Crippen LogP contribution in [0, 0.1) is 0 Å². The first-order valence-corrected chi connectivity index (χ1v) is 4.26. The maximum atomic E-state index is 11.0. The van der Waals surface area contributed by atoms with Crippen molar-refractivity contribution in [3.05, 3.63) is 12.7 Å². The largest absolute Gasteiger partial charge is 0.345 e. The fourth-order valence-electron chi connectivity index (χ4n) is 1.59. The van der Waals surface area contributed by atoms with Crippen LogP contribution < -0.4 is 5.32 Å². The van der Waals surface area contributed by atoms with Crippen molar-refractivity contribution in [1.29, 1.82) is 0 Å². The van der Waals surface area contributed by atoms with Crippen molar-refractivity contribution in [1.82, 2.24) is 10.2 Å². The number of rotatable bonds is 3. The topological polar surface area (TPSA) is 32.3 Å². The van der Waals surface area contributed by atoms with Crippen molar-refractivity contribution >= 4 is 5.91 Å². The van der Waals surface area contributed by atoms with Gasteiger partial charge in [0.15, 0.2) is 0 Å². The molecular formula is C9H16N2O. The van der Waals surface area contributed by atoms with E-state index in [2.05, 4.69) is 30.6 Å². The van der Waals surface area contributed by atoms with E-state index < -0.39 is 0 Å². The van der Waals surface area contributed by atoms with E-state index in [0.29, 0.717) is 0 Å². The van der Waals surface area contributed by atoms with Gasteiger partial charge in [-0.3, -0.25) is 9.69 Å². The molecule has 1 N–H and O–H groups in total. The van der Waals surface area contributed by atoms with Crippen LogP contribution in [0.1, 0.15) is 13.8 Å². The summed E-state index contributed by atoms with van der Waals surface area (Å²) in [5, 5.41) is 2.91. The summed E-state index contributed by atoms with van der Waals surface area (Å²) < 4.78 is 0. The van der Waals surface area contributed by atoms with Crippen LogP contribution in [0.25, 0.3) is 0 Å². The van der Waals surface area contributed by atoms with Crippen molar-refractivity contribution in [2.75, 3.05) is 19.6 Å². The smallest absolute Gasteiger partial charge is 0.243 e. The van der Waals surface area contributed by atoms with Crippen LogP contribution in [-0.2, 0) is 4.79 Å². The number of likely N-dealkylation sites (N-methyl/N-ethyl adjacent to an activating group) is 1. The average molecular weight is 168 g/mol. The van der Waals surface area contributed by atoms with Gasteiger partial charge in [-0.1, -0.05) is 13.5 Å². The molecule has 1 amide bonds. The summed E-state index contributed by atoms with van der Waals surface area (Å²) in [5.41, 5.74) is -0.0265. The third-order valence-corrected chi connectivity index (χ3v) is 2.20. The minimum Gasteiger partial charge on any atom is -0.345 e. The lowest BCUT2D eigenvalue weighted by Crippen LogP contribution is -2.68. The number of hydrogen-bond donors (Lipinski definition) is 1. The number of amides is 1. The first-order chi connectivity index (χ1) is 5.59. The van der Waals surface area contributed by atoms with Crippen molar-refractivity contribution in [3.8, 4) is 0 Å². The Morgan fingerprint density at radius 1 is 1.75 bits per heavy atom. The number of nitrogens with zero attached hydrogens (tertiary/aromatic N) is 1. The van der Waals surface area contributed by atoms with Crippen molar-refractivity contribution < 1.29 is 4.79 Å². The van der Waals surface area contributed by atoms with Crippen LogP contribution in [0.5, 0.6) is 0 Å². The SMILES string of the molecule is C=CC(=O)NC1(C)CN(CC)C1. The van der Waals surface area contributed by atoms with E-state index in [1.165, 1.54) is 6.08 Å². The lowest BCUT2D eigenvalue weighted by Gasteiger charge is -2.47. The van der Waals surface area contributed by atoms with Gasteiger partial charge in [-0.25, -0.2) is 0 Å². The van der Waals surface area contributed by atoms with E-state index >= 15 is 0 Å². The molecule has 12 heavy (non-hydrogen) atoms. The molecule has 1 rings (SSSR count). The Morgan fingerprint density at radius 2 is 2.33 bits per heavy atom. The number of carbonyl (C=O) groups is 1. The van der Waals surface area contributed by atoms with Crippen molar-refractivity contribution in [2.45, 2.75) is 19.4 Å². The predicted molar refractivity (Wildman–Crippen MR) is 48.9 cm³/mol. The van der Waals surface area contributed by atoms with Crippen LogP contribution in [0.4, 0.5) is 0 Å². The van der Waals surface area contributed by atoms with Crippen molar-refractivity contribution in [3.63, 3.8) is 0 Å². The highest BCUT2D eigenvalue weighted by Crippen LogP contribution is 2.19. The van der Waals surface area contributed by atoms with Gasteiger partial charge >= 0.3 is 0 Å². The molecule has 3 heteroatoms. The van der Waals surface area contributed by atoms with E-state index in [1.807, 2.05) is 0 Å². The Balaban J connectivity index is 2.34. The highest BCUT2D eigenvalue weighted by molar-refractivity contribution is 5.87. The van der Waals surface area contributed by atoms with Gasteiger partial charge in [0, 0.05) is 13.1 Å². The molecule has 0 saturated carbocycles. The van der Waals surface area contributed by atoms with Gasteiger partial charge in [0.1, 0.15) is 0 Å². The number of nitrogens with one attached hydrogen (secondary N) is 1. The van der Waals surface area contributed by atoms with Gasteiger partial charge in [-0.05, 0) is 19.5 Å². The molecule has 1 fully saturated rings. The summed E-state index contributed by atoms with van der Waals surface area (Å²) in [4.78, 5) is 13.2. The van der Waals surface area contributed by atoms with Gasteiger partial charge in [-0.15, -0.1) is 0 Å². The summed E-state index contributed by atoms with van der Waals surface area (Å²) in [5.74, 6) is -0.0757. The zero-order valence-electron chi connectivity index (χ0n) is 7.76. The molecule has 1 heterocycles. The Labute approximate surface area is 73.4 Å². The average Bonchev–Trinajstić information content (AvgIpc) is 1.99. The minimum atomic E-state index is -0.0757. The molecule has 0 aromatic heterocycles. The van der Waals surface area contributed by atoms with E-state index in [0.717, 1.165) is 19.6 Å². The van der Waals surface area contributed by atoms with Gasteiger partial charge in [0.05, 0.1) is 5.54 Å². The molecule has 1 saturated heterocycles. The van der Waals surface area contributed by atoms with Crippen LogP contribution in [0.3, 0.4) is 0 Å². The van der Waals surface area contributed by atoms with E-state index in [9.17, 15) is 4.79 Å². The highest BCUT2D eigenvalue weighted by Gasteiger charge is 2.38. The summed E-state index contributed by atoms with van der Waals surface area (Å²) >= 11 is 0. The molecule has 0 atom stereocenters. The van der Waals surface area contributed by atoms with Crippen molar-refractivity contribution in [2.24, 2.45) is 0 Å². The lowest BCUT2D eigenvalue weighted by atomic mass is 9.92. The molecule has 0 aliphatic carbocycles. The zero-order valence-corrected chi connectivity index (χ0v) is 7.76. The second kappa shape index (κ2) is 3.27. The number of carbonyl (C=O) groups excluding carboxylic acids is 1. The van der Waals surface area contributed by atoms with Gasteiger partial charge < -0.3 is 5.32 Å². The van der Waals surface area contributed by atoms with E-state index in [-0.39, 0.29) is 11.4 Å². The summed E-state index contributed by atoms with van der Waals surface area (Å²) in [7, 11) is 0. The van der Waals surface area contributed by atoms with Crippen LogP contribution in [0.2, 0.25) is 0 Å². The molecule has 0 aromatic rings. The first kappa shape index (κ1) is 9.26. The molecule has 0 unspecified atom stereocenters. The second-order valence-electron chi connectivity index (χ2n) is 3.56. The minimum absolute atomic E-state index is 0.0265. The van der Waals surface area contributed by atoms with Gasteiger partial charge in [0.25, 0.3) is 0 Å². The van der Waals surface area contributed by atoms with Gasteiger partial charge in [-0.2, -0.15) is 0 Å². The monoisotopic (exact) mass is 168 g/mol. The summed E-state index contributed by atoms with van der Waals surface area (Å²) in [6.45, 7) is 10.5. The molecule has 1 aliphatic heterocycles. The molecule has 0 aromatic carbocycles. The van der Waals surface area contributed by atoms with Gasteiger partial charge in [0.2, 0.25) is 5.91 Å². The number of likely N-dealkylation sites (tertiary alicyclic amines) is 1. The molecule has 3 nitrogen and oxygen atoms in total. The Morgan fingerprint density at radius 3 is 2.75 bits per heavy atom. The first-order valence-electron chi connectivity index (χ1n) is 4.26. The molecule has 0 bridgehead atoms. The van der Waals surface area contributed by atoms with Crippen LogP contribution >= 0.6 is 0 Å². The quantitative estimate of drug-likeness (QED) is 0.618. The maximum absolute atomic E-state index is 11.0. The van der Waals surface area contributed by atoms with E-state index in [4.69, 9.17) is 0 Å². The molecule has 0 radical (unpaired) electrons. The molecule has 0 spiro atoms. The Bertz CT molecular complexity index is 195. The number of hydrogen-bond acceptors (Lipinski definition) is 2. The normalized spacial score (nSPS) is 21.2. The van der Waals surface area contributed by atoms with Crippen LogP contribution in [0.15, 0.2) is 12.7 Å². The molecule has 1 aliphatic rings. The summed E-state index contributed by atoms with van der Waals surface area (Å²) in [6.07, 6.45) is 1.32. The van der Waals surface area contributed by atoms with E-state index in [1.54, 1.807) is 0 Å². The van der Waals surface area contributed by atoms with Crippen LogP contribution in [-0.4, -0.2) is 36.0 Å².